The SMILES string of the molecule is CC(=O)SC(SC(C)=O)c1cn(CCCCCN2CCN(c3ccccc3)CC2)c2ccccc12. The molecule has 0 amide bonds. The van der Waals surface area contributed by atoms with Gasteiger partial charge in [0.15, 0.2) is 10.2 Å². The number of carbonyl (C=O) groups excluding carboxylic acids is 2. The predicted molar refractivity (Wildman–Crippen MR) is 150 cm³/mol. The first-order valence-corrected chi connectivity index (χ1v) is 14.2. The van der Waals surface area contributed by atoms with Gasteiger partial charge in [0.05, 0.1) is 4.58 Å². The van der Waals surface area contributed by atoms with E-state index in [4.69, 9.17) is 0 Å². The molecule has 0 saturated carbocycles. The Kier molecular flexibility index (Phi) is 9.35. The van der Waals surface area contributed by atoms with Crippen LogP contribution >= 0.6 is 23.5 Å². The zero-order chi connectivity index (χ0) is 24.6. The van der Waals surface area contributed by atoms with Crippen molar-refractivity contribution in [3.8, 4) is 0 Å². The summed E-state index contributed by atoms with van der Waals surface area (Å²) < 4.78 is 2.10. The quantitative estimate of drug-likeness (QED) is 0.240. The number of aromatic nitrogens is 1. The molecule has 0 radical (unpaired) electrons. The highest BCUT2D eigenvalue weighted by molar-refractivity contribution is 8.29. The molecule has 7 heteroatoms. The maximum Gasteiger partial charge on any atom is 0.187 e. The maximum absolute atomic E-state index is 11.8. The Hall–Kier alpha value is -2.22. The van der Waals surface area contributed by atoms with Crippen LogP contribution in [-0.2, 0) is 16.1 Å². The average Bonchev–Trinajstić information content (AvgIpc) is 3.22. The van der Waals surface area contributed by atoms with Gasteiger partial charge in [-0.3, -0.25) is 14.5 Å². The monoisotopic (exact) mass is 509 g/mol. The number of carbonyl (C=O) groups is 2. The smallest absolute Gasteiger partial charge is 0.187 e. The van der Waals surface area contributed by atoms with Gasteiger partial charge in [0.2, 0.25) is 0 Å². The number of fused-ring (bicyclic) bond motifs is 1. The molecule has 0 bridgehead atoms. The second-order valence-electron chi connectivity index (χ2n) is 9.07. The van der Waals surface area contributed by atoms with Crippen LogP contribution in [0.25, 0.3) is 10.9 Å². The summed E-state index contributed by atoms with van der Waals surface area (Å²) >= 11 is 2.47. The average molecular weight is 510 g/mol. The van der Waals surface area contributed by atoms with Crippen LogP contribution in [0.1, 0.15) is 43.3 Å². The lowest BCUT2D eigenvalue weighted by atomic mass is 10.2. The molecule has 2 heterocycles. The Morgan fingerprint density at radius 2 is 1.43 bits per heavy atom. The van der Waals surface area contributed by atoms with Gasteiger partial charge >= 0.3 is 0 Å². The fourth-order valence-corrected chi connectivity index (χ4v) is 7.00. The lowest BCUT2D eigenvalue weighted by Crippen LogP contribution is -2.46. The first kappa shape index (κ1) is 25.9. The van der Waals surface area contributed by atoms with E-state index in [2.05, 4.69) is 69.1 Å². The van der Waals surface area contributed by atoms with Gasteiger partial charge in [-0.25, -0.2) is 0 Å². The van der Waals surface area contributed by atoms with Crippen molar-refractivity contribution in [3.05, 3.63) is 66.4 Å². The number of benzene rings is 2. The first-order chi connectivity index (χ1) is 17.0. The predicted octanol–water partition coefficient (Wildman–Crippen LogP) is 6.19. The number of thioether (sulfide) groups is 2. The van der Waals surface area contributed by atoms with Crippen LogP contribution in [0.5, 0.6) is 0 Å². The van der Waals surface area contributed by atoms with Gasteiger partial charge in [0.1, 0.15) is 0 Å². The van der Waals surface area contributed by atoms with E-state index < -0.39 is 0 Å². The number of unbranched alkanes of at least 4 members (excludes halogenated alkanes) is 2. The van der Waals surface area contributed by atoms with E-state index in [0.29, 0.717) is 0 Å². The minimum Gasteiger partial charge on any atom is -0.369 e. The highest BCUT2D eigenvalue weighted by atomic mass is 32.2. The molecule has 186 valence electrons. The number of nitrogens with zero attached hydrogens (tertiary/aromatic N) is 3. The van der Waals surface area contributed by atoms with Gasteiger partial charge in [-0.2, -0.15) is 0 Å². The van der Waals surface area contributed by atoms with Crippen molar-refractivity contribution in [1.82, 2.24) is 9.47 Å². The minimum absolute atomic E-state index is 0.0326. The van der Waals surface area contributed by atoms with E-state index in [1.165, 1.54) is 47.6 Å². The molecule has 4 rings (SSSR count). The van der Waals surface area contributed by atoms with Gasteiger partial charge in [-0.05, 0) is 37.6 Å². The van der Waals surface area contributed by atoms with Crippen LogP contribution < -0.4 is 4.90 Å². The summed E-state index contributed by atoms with van der Waals surface area (Å²) in [5, 5.41) is 1.20. The van der Waals surface area contributed by atoms with E-state index in [0.717, 1.165) is 56.6 Å². The third-order valence-corrected chi connectivity index (χ3v) is 8.66. The zero-order valence-corrected chi connectivity index (χ0v) is 22.3. The van der Waals surface area contributed by atoms with E-state index in [1.807, 2.05) is 6.07 Å². The molecule has 1 aliphatic heterocycles. The Morgan fingerprint density at radius 3 is 2.11 bits per heavy atom. The highest BCUT2D eigenvalue weighted by Gasteiger charge is 2.22. The van der Waals surface area contributed by atoms with Gasteiger partial charge in [-0.15, -0.1) is 0 Å². The molecule has 0 unspecified atom stereocenters. The molecule has 0 atom stereocenters. The Morgan fingerprint density at radius 1 is 0.800 bits per heavy atom. The largest absolute Gasteiger partial charge is 0.369 e. The summed E-state index contributed by atoms with van der Waals surface area (Å²) in [7, 11) is 0. The second-order valence-corrected chi connectivity index (χ2v) is 11.9. The van der Waals surface area contributed by atoms with E-state index in [-0.39, 0.29) is 14.8 Å². The van der Waals surface area contributed by atoms with Crippen molar-refractivity contribution in [2.75, 3.05) is 37.6 Å². The van der Waals surface area contributed by atoms with Crippen LogP contribution in [0.4, 0.5) is 5.69 Å². The van der Waals surface area contributed by atoms with Crippen LogP contribution in [-0.4, -0.2) is 52.4 Å². The molecule has 0 aliphatic carbocycles. The second kappa shape index (κ2) is 12.7. The molecular formula is C28H35N3O2S2. The van der Waals surface area contributed by atoms with Gasteiger partial charge in [0, 0.05) is 74.9 Å². The number of aryl methyl sites for hydroxylation is 1. The third-order valence-electron chi connectivity index (χ3n) is 6.49. The molecule has 1 aliphatic rings. The summed E-state index contributed by atoms with van der Waals surface area (Å²) in [6.45, 7) is 9.70. The third kappa shape index (κ3) is 7.15. The fraction of sp³-hybridized carbons (Fsp3) is 0.429. The fourth-order valence-electron chi connectivity index (χ4n) is 4.76. The number of hydrogen-bond donors (Lipinski definition) is 0. The topological polar surface area (TPSA) is 45.6 Å². The summed E-state index contributed by atoms with van der Waals surface area (Å²) in [5.74, 6) is 0. The molecular weight excluding hydrogens is 474 g/mol. The van der Waals surface area contributed by atoms with Crippen molar-refractivity contribution in [2.45, 2.75) is 44.2 Å². The Balaban J connectivity index is 1.28. The molecule has 1 saturated heterocycles. The number of hydrogen-bond acceptors (Lipinski definition) is 6. The number of para-hydroxylation sites is 2. The molecule has 5 nitrogen and oxygen atoms in total. The summed E-state index contributed by atoms with van der Waals surface area (Å²) in [5.41, 5.74) is 3.58. The van der Waals surface area contributed by atoms with Crippen molar-refractivity contribution < 1.29 is 9.59 Å². The van der Waals surface area contributed by atoms with Crippen LogP contribution in [0.2, 0.25) is 0 Å². The van der Waals surface area contributed by atoms with Crippen molar-refractivity contribution in [1.29, 1.82) is 0 Å². The maximum atomic E-state index is 11.8. The van der Waals surface area contributed by atoms with Crippen LogP contribution in [0.15, 0.2) is 60.8 Å². The van der Waals surface area contributed by atoms with E-state index >= 15 is 0 Å². The molecule has 1 aromatic heterocycles. The van der Waals surface area contributed by atoms with Gasteiger partial charge in [-0.1, -0.05) is 66.3 Å². The number of anilines is 1. The normalized spacial score (nSPS) is 14.7. The summed E-state index contributed by atoms with van der Waals surface area (Å²) in [6.07, 6.45) is 5.67. The summed E-state index contributed by atoms with van der Waals surface area (Å²) in [4.78, 5) is 28.8. The van der Waals surface area contributed by atoms with Crippen molar-refractivity contribution in [2.24, 2.45) is 0 Å². The lowest BCUT2D eigenvalue weighted by molar-refractivity contribution is -0.109. The van der Waals surface area contributed by atoms with Gasteiger partial charge < -0.3 is 9.47 Å². The van der Waals surface area contributed by atoms with Crippen molar-refractivity contribution >= 4 is 50.3 Å². The standard InChI is InChI=1S/C28H35N3O2S2/c1-22(32)34-28(35-23(2)33)26-21-31(27-14-8-7-13-25(26)27)16-10-4-9-15-29-17-19-30(20-18-29)24-11-5-3-6-12-24/h3,5-8,11-14,21,28H,4,9-10,15-20H2,1-2H3. The molecule has 35 heavy (non-hydrogen) atoms. The zero-order valence-electron chi connectivity index (χ0n) is 20.7. The van der Waals surface area contributed by atoms with Gasteiger partial charge in [0.25, 0.3) is 0 Å². The number of piperazine rings is 1. The lowest BCUT2D eigenvalue weighted by Gasteiger charge is -2.36. The Labute approximate surface area is 217 Å². The molecule has 1 fully saturated rings. The Bertz CT molecular complexity index is 1110. The molecule has 0 spiro atoms. The highest BCUT2D eigenvalue weighted by Crippen LogP contribution is 2.43. The van der Waals surface area contributed by atoms with Crippen LogP contribution in [0.3, 0.4) is 0 Å². The summed E-state index contributed by atoms with van der Waals surface area (Å²) in [6, 6.07) is 19.0. The van der Waals surface area contributed by atoms with Crippen LogP contribution in [0, 0.1) is 0 Å². The first-order valence-electron chi connectivity index (χ1n) is 12.5. The molecule has 0 N–H and O–H groups in total. The minimum atomic E-state index is -0.203. The number of rotatable bonds is 10. The van der Waals surface area contributed by atoms with E-state index in [1.54, 1.807) is 13.8 Å². The van der Waals surface area contributed by atoms with Crippen molar-refractivity contribution in [3.63, 3.8) is 0 Å². The van der Waals surface area contributed by atoms with E-state index in [9.17, 15) is 9.59 Å². The molecule has 3 aromatic rings. The molecule has 2 aromatic carbocycles.